The van der Waals surface area contributed by atoms with Gasteiger partial charge in [0.1, 0.15) is 5.01 Å². The molecule has 0 saturated carbocycles. The van der Waals surface area contributed by atoms with E-state index < -0.39 is 0 Å². The van der Waals surface area contributed by atoms with Gasteiger partial charge in [0.15, 0.2) is 0 Å². The number of aromatic nitrogens is 1. The van der Waals surface area contributed by atoms with E-state index in [2.05, 4.69) is 43.3 Å². The summed E-state index contributed by atoms with van der Waals surface area (Å²) in [6, 6.07) is -0.0997. The Labute approximate surface area is 126 Å². The predicted molar refractivity (Wildman–Crippen MR) is 85.0 cm³/mol. The summed E-state index contributed by atoms with van der Waals surface area (Å²) >= 11 is 1.71. The fourth-order valence-electron chi connectivity index (χ4n) is 1.85. The molecule has 0 aliphatic heterocycles. The Balaban J connectivity index is 2.40. The van der Waals surface area contributed by atoms with Crippen LogP contribution >= 0.6 is 11.3 Å². The van der Waals surface area contributed by atoms with Gasteiger partial charge in [-0.15, -0.1) is 11.3 Å². The highest BCUT2D eigenvalue weighted by atomic mass is 32.1. The molecule has 2 atom stereocenters. The lowest BCUT2D eigenvalue weighted by atomic mass is 10.1. The second-order valence-electron chi connectivity index (χ2n) is 5.60. The van der Waals surface area contributed by atoms with Gasteiger partial charge in [0.2, 0.25) is 5.91 Å². The third-order valence-corrected chi connectivity index (χ3v) is 4.53. The molecule has 4 nitrogen and oxygen atoms in total. The third kappa shape index (κ3) is 5.59. The van der Waals surface area contributed by atoms with Gasteiger partial charge in [-0.05, 0) is 32.6 Å². The van der Waals surface area contributed by atoms with Gasteiger partial charge in [0, 0.05) is 17.6 Å². The van der Waals surface area contributed by atoms with Crippen LogP contribution in [0.5, 0.6) is 0 Å². The molecule has 1 aromatic rings. The number of hydrogen-bond donors (Lipinski definition) is 2. The molecule has 2 N–H and O–H groups in total. The van der Waals surface area contributed by atoms with Crippen LogP contribution in [0.2, 0.25) is 0 Å². The Kier molecular flexibility index (Phi) is 7.16. The quantitative estimate of drug-likeness (QED) is 0.776. The van der Waals surface area contributed by atoms with E-state index in [0.717, 1.165) is 24.4 Å². The molecular weight excluding hydrogens is 270 g/mol. The van der Waals surface area contributed by atoms with Gasteiger partial charge in [-0.1, -0.05) is 20.8 Å². The van der Waals surface area contributed by atoms with Crippen molar-refractivity contribution in [3.8, 4) is 0 Å². The molecule has 0 fully saturated rings. The molecule has 0 spiro atoms. The largest absolute Gasteiger partial charge is 0.355 e. The van der Waals surface area contributed by atoms with E-state index >= 15 is 0 Å². The topological polar surface area (TPSA) is 54.0 Å². The molecule has 1 aromatic heterocycles. The van der Waals surface area contributed by atoms with Crippen LogP contribution in [0, 0.1) is 5.92 Å². The van der Waals surface area contributed by atoms with Crippen molar-refractivity contribution in [1.82, 2.24) is 15.6 Å². The first-order chi connectivity index (χ1) is 9.43. The monoisotopic (exact) mass is 297 g/mol. The number of rotatable bonds is 8. The van der Waals surface area contributed by atoms with Gasteiger partial charge in [-0.2, -0.15) is 0 Å². The fraction of sp³-hybridized carbons (Fsp3) is 0.733. The normalized spacial score (nSPS) is 14.3. The summed E-state index contributed by atoms with van der Waals surface area (Å²) in [6.07, 6.45) is 3.95. The molecule has 1 amide bonds. The summed E-state index contributed by atoms with van der Waals surface area (Å²) in [5.74, 6) is 0.671. The average Bonchev–Trinajstić information content (AvgIpc) is 2.86. The van der Waals surface area contributed by atoms with E-state index in [0.29, 0.717) is 5.92 Å². The van der Waals surface area contributed by atoms with E-state index in [1.54, 1.807) is 11.3 Å². The Hall–Kier alpha value is -0.940. The van der Waals surface area contributed by atoms with Gasteiger partial charge in [-0.3, -0.25) is 10.1 Å². The van der Waals surface area contributed by atoms with Crippen LogP contribution in [0.3, 0.4) is 0 Å². The Morgan fingerprint density at radius 1 is 1.35 bits per heavy atom. The molecule has 1 heterocycles. The van der Waals surface area contributed by atoms with E-state index in [-0.39, 0.29) is 18.0 Å². The fourth-order valence-corrected chi connectivity index (χ4v) is 2.71. The third-order valence-electron chi connectivity index (χ3n) is 3.20. The molecule has 0 saturated heterocycles. The molecule has 114 valence electrons. The molecule has 0 aromatic carbocycles. The van der Waals surface area contributed by atoms with E-state index in [1.165, 1.54) is 4.88 Å². The number of thiazole rings is 1. The molecule has 1 rings (SSSR count). The minimum Gasteiger partial charge on any atom is -0.355 e. The first kappa shape index (κ1) is 17.1. The average molecular weight is 297 g/mol. The minimum atomic E-state index is -0.203. The van der Waals surface area contributed by atoms with E-state index in [1.807, 2.05) is 13.1 Å². The Morgan fingerprint density at radius 3 is 2.60 bits per heavy atom. The number of hydrogen-bond acceptors (Lipinski definition) is 4. The van der Waals surface area contributed by atoms with Gasteiger partial charge in [0.05, 0.1) is 12.1 Å². The van der Waals surface area contributed by atoms with Crippen LogP contribution in [0.1, 0.15) is 57.0 Å². The summed E-state index contributed by atoms with van der Waals surface area (Å²) in [6.45, 7) is 11.1. The molecule has 0 radical (unpaired) electrons. The maximum atomic E-state index is 12.0. The number of aryl methyl sites for hydroxylation is 1. The highest BCUT2D eigenvalue weighted by Gasteiger charge is 2.17. The van der Waals surface area contributed by atoms with Gasteiger partial charge < -0.3 is 5.32 Å². The van der Waals surface area contributed by atoms with Crippen molar-refractivity contribution in [2.24, 2.45) is 5.92 Å². The van der Waals surface area contributed by atoms with Crippen LogP contribution in [0.15, 0.2) is 6.20 Å². The second kappa shape index (κ2) is 8.37. The van der Waals surface area contributed by atoms with Gasteiger partial charge >= 0.3 is 0 Å². The van der Waals surface area contributed by atoms with Crippen molar-refractivity contribution in [3.05, 3.63) is 16.1 Å². The number of carbonyl (C=O) groups is 1. The first-order valence-corrected chi connectivity index (χ1v) is 8.24. The molecule has 0 aliphatic rings. The minimum absolute atomic E-state index is 0.0600. The lowest BCUT2D eigenvalue weighted by Gasteiger charge is -2.18. The summed E-state index contributed by atoms with van der Waals surface area (Å²) in [5, 5.41) is 7.32. The Bertz CT molecular complexity index is 417. The summed E-state index contributed by atoms with van der Waals surface area (Å²) in [7, 11) is 0. The lowest BCUT2D eigenvalue weighted by molar-refractivity contribution is -0.122. The van der Waals surface area contributed by atoms with Crippen molar-refractivity contribution in [2.45, 2.75) is 59.5 Å². The van der Waals surface area contributed by atoms with E-state index in [9.17, 15) is 4.79 Å². The predicted octanol–water partition coefficient (Wildman–Crippen LogP) is 2.91. The van der Waals surface area contributed by atoms with Gasteiger partial charge in [0.25, 0.3) is 0 Å². The maximum Gasteiger partial charge on any atom is 0.236 e. The van der Waals surface area contributed by atoms with Crippen LogP contribution < -0.4 is 10.6 Å². The maximum absolute atomic E-state index is 12.0. The van der Waals surface area contributed by atoms with Crippen molar-refractivity contribution < 1.29 is 4.79 Å². The van der Waals surface area contributed by atoms with Crippen LogP contribution in [0.25, 0.3) is 0 Å². The zero-order valence-corrected chi connectivity index (χ0v) is 14.0. The second-order valence-corrected chi connectivity index (χ2v) is 6.75. The van der Waals surface area contributed by atoms with Crippen LogP contribution in [-0.4, -0.2) is 23.5 Å². The molecule has 0 aliphatic carbocycles. The highest BCUT2D eigenvalue weighted by molar-refractivity contribution is 7.11. The molecule has 5 heteroatoms. The SMILES string of the molecule is CCc1cnc(C(C)NC(C)C(=O)NCCC(C)C)s1. The molecular formula is C15H27N3OS. The van der Waals surface area contributed by atoms with Crippen molar-refractivity contribution in [2.75, 3.05) is 6.54 Å². The van der Waals surface area contributed by atoms with Gasteiger partial charge in [-0.25, -0.2) is 4.98 Å². The summed E-state index contributed by atoms with van der Waals surface area (Å²) < 4.78 is 0. The molecule has 0 bridgehead atoms. The molecule has 20 heavy (non-hydrogen) atoms. The smallest absolute Gasteiger partial charge is 0.236 e. The standard InChI is InChI=1S/C15H27N3OS/c1-6-13-9-17-15(20-13)12(5)18-11(4)14(19)16-8-7-10(2)3/h9-12,18H,6-8H2,1-5H3,(H,16,19). The first-order valence-electron chi connectivity index (χ1n) is 7.42. The number of nitrogens with zero attached hydrogens (tertiary/aromatic N) is 1. The summed E-state index contributed by atoms with van der Waals surface area (Å²) in [4.78, 5) is 17.7. The van der Waals surface area contributed by atoms with Crippen LogP contribution in [-0.2, 0) is 11.2 Å². The van der Waals surface area contributed by atoms with E-state index in [4.69, 9.17) is 0 Å². The van der Waals surface area contributed by atoms with Crippen LogP contribution in [0.4, 0.5) is 0 Å². The molecule has 2 unspecified atom stereocenters. The number of nitrogens with one attached hydrogen (secondary N) is 2. The zero-order chi connectivity index (χ0) is 15.1. The zero-order valence-electron chi connectivity index (χ0n) is 13.2. The Morgan fingerprint density at radius 2 is 2.05 bits per heavy atom. The highest BCUT2D eigenvalue weighted by Crippen LogP contribution is 2.20. The van der Waals surface area contributed by atoms with Crippen molar-refractivity contribution in [3.63, 3.8) is 0 Å². The van der Waals surface area contributed by atoms with Crippen molar-refractivity contribution >= 4 is 17.2 Å². The lowest BCUT2D eigenvalue weighted by Crippen LogP contribution is -2.43. The summed E-state index contributed by atoms with van der Waals surface area (Å²) in [5.41, 5.74) is 0. The number of amides is 1. The van der Waals surface area contributed by atoms with Crippen molar-refractivity contribution in [1.29, 1.82) is 0 Å². The number of carbonyl (C=O) groups excluding carboxylic acids is 1.